The maximum Gasteiger partial charge on any atom is 0.228 e. The van der Waals surface area contributed by atoms with E-state index in [1.165, 1.54) is 0 Å². The Labute approximate surface area is 169 Å². The van der Waals surface area contributed by atoms with Gasteiger partial charge in [-0.3, -0.25) is 4.90 Å². The van der Waals surface area contributed by atoms with E-state index in [2.05, 4.69) is 42.7 Å². The summed E-state index contributed by atoms with van der Waals surface area (Å²) in [7, 11) is 0.732. The largest absolute Gasteiger partial charge is 0.317 e. The number of nitrogens with zero attached hydrogens (tertiary/aromatic N) is 4. The molecular formula is C21H32N4O2S. The van der Waals surface area contributed by atoms with E-state index in [9.17, 15) is 8.42 Å². The van der Waals surface area contributed by atoms with Crippen molar-refractivity contribution in [2.24, 2.45) is 5.92 Å². The van der Waals surface area contributed by atoms with Crippen LogP contribution in [0.1, 0.15) is 31.5 Å². The van der Waals surface area contributed by atoms with Crippen LogP contribution in [-0.2, 0) is 28.7 Å². The lowest BCUT2D eigenvalue weighted by Crippen LogP contribution is -2.31. The average Bonchev–Trinajstić information content (AvgIpc) is 3.23. The second-order valence-electron chi connectivity index (χ2n) is 8.42. The molecule has 0 radical (unpaired) electrons. The molecule has 1 atom stereocenters. The lowest BCUT2D eigenvalue weighted by Gasteiger charge is -2.21. The third-order valence-electron chi connectivity index (χ3n) is 5.29. The molecule has 0 saturated carbocycles. The number of likely N-dealkylation sites (tertiary alicyclic amines) is 1. The lowest BCUT2D eigenvalue weighted by atomic mass is 10.2. The molecule has 1 aromatic heterocycles. The van der Waals surface area contributed by atoms with E-state index in [1.807, 2.05) is 34.9 Å². The molecule has 1 aliphatic heterocycles. The van der Waals surface area contributed by atoms with E-state index < -0.39 is 9.84 Å². The van der Waals surface area contributed by atoms with Crippen molar-refractivity contribution < 1.29 is 8.42 Å². The van der Waals surface area contributed by atoms with Gasteiger partial charge in [-0.25, -0.2) is 13.4 Å². The minimum atomic E-state index is -3.50. The molecule has 0 spiro atoms. The molecule has 0 aliphatic carbocycles. The van der Waals surface area contributed by atoms with Crippen LogP contribution in [0.3, 0.4) is 0 Å². The van der Waals surface area contributed by atoms with Crippen LogP contribution in [0.2, 0.25) is 0 Å². The zero-order chi connectivity index (χ0) is 20.3. The zero-order valence-corrected chi connectivity index (χ0v) is 18.2. The predicted octanol–water partition coefficient (Wildman–Crippen LogP) is 2.65. The molecular weight excluding hydrogens is 372 g/mol. The quantitative estimate of drug-likeness (QED) is 0.677. The van der Waals surface area contributed by atoms with E-state index in [0.29, 0.717) is 18.5 Å². The molecule has 154 valence electrons. The van der Waals surface area contributed by atoms with Crippen LogP contribution < -0.4 is 0 Å². The summed E-state index contributed by atoms with van der Waals surface area (Å²) in [5.74, 6) is 0.321. The predicted molar refractivity (Wildman–Crippen MR) is 112 cm³/mol. The summed E-state index contributed by atoms with van der Waals surface area (Å²) in [6, 6.07) is 9.88. The summed E-state index contributed by atoms with van der Waals surface area (Å²) in [5, 5.41) is 0.198. The Bertz CT molecular complexity index is 875. The monoisotopic (exact) mass is 404 g/mol. The van der Waals surface area contributed by atoms with Crippen molar-refractivity contribution in [2.45, 2.75) is 50.3 Å². The highest BCUT2D eigenvalue weighted by molar-refractivity contribution is 7.90. The Hall–Kier alpha value is -1.70. The van der Waals surface area contributed by atoms with Gasteiger partial charge < -0.3 is 9.47 Å². The lowest BCUT2D eigenvalue weighted by molar-refractivity contribution is 0.259. The fourth-order valence-corrected chi connectivity index (χ4v) is 5.29. The van der Waals surface area contributed by atoms with Gasteiger partial charge in [-0.05, 0) is 32.0 Å². The first-order chi connectivity index (χ1) is 13.3. The highest BCUT2D eigenvalue weighted by Crippen LogP contribution is 2.22. The minimum absolute atomic E-state index is 0.0190. The Morgan fingerprint density at radius 1 is 1.21 bits per heavy atom. The van der Waals surface area contributed by atoms with Crippen molar-refractivity contribution in [2.75, 3.05) is 27.2 Å². The Morgan fingerprint density at radius 2 is 1.93 bits per heavy atom. The van der Waals surface area contributed by atoms with E-state index >= 15 is 0 Å². The fourth-order valence-electron chi connectivity index (χ4n) is 3.79. The van der Waals surface area contributed by atoms with E-state index in [-0.39, 0.29) is 10.9 Å². The molecule has 0 amide bonds. The molecule has 0 unspecified atom stereocenters. The van der Waals surface area contributed by atoms with Gasteiger partial charge in [0.2, 0.25) is 15.0 Å². The molecule has 1 aromatic carbocycles. The molecule has 1 fully saturated rings. The van der Waals surface area contributed by atoms with Crippen molar-refractivity contribution in [3.8, 4) is 0 Å². The first kappa shape index (κ1) is 21.0. The summed E-state index contributed by atoms with van der Waals surface area (Å²) in [5.41, 5.74) is 1.77. The van der Waals surface area contributed by atoms with Gasteiger partial charge >= 0.3 is 0 Å². The van der Waals surface area contributed by atoms with Gasteiger partial charge in [0.15, 0.2) is 0 Å². The van der Waals surface area contributed by atoms with E-state index in [1.54, 1.807) is 6.20 Å². The number of hydrogen-bond donors (Lipinski definition) is 0. The van der Waals surface area contributed by atoms with Crippen molar-refractivity contribution in [3.05, 3.63) is 47.8 Å². The standard InChI is InChI=1S/C21H32N4O2S/c1-17(2)13-25-20(15-24-11-10-19(14-24)23(3)4)12-22-21(25)28(26,27)16-18-8-6-5-7-9-18/h5-9,12,17,19H,10-11,13-16H2,1-4H3/t19-/m0/s1. The number of imidazole rings is 1. The van der Waals surface area contributed by atoms with Crippen LogP contribution in [0.4, 0.5) is 0 Å². The smallest absolute Gasteiger partial charge is 0.228 e. The molecule has 28 heavy (non-hydrogen) atoms. The fraction of sp³-hybridized carbons (Fsp3) is 0.571. The number of aromatic nitrogens is 2. The van der Waals surface area contributed by atoms with Crippen LogP contribution in [-0.4, -0.2) is 61.0 Å². The highest BCUT2D eigenvalue weighted by Gasteiger charge is 2.28. The number of benzene rings is 1. The second-order valence-corrected chi connectivity index (χ2v) is 10.3. The Balaban J connectivity index is 1.84. The normalized spacial score (nSPS) is 18.4. The Kier molecular flexibility index (Phi) is 6.58. The van der Waals surface area contributed by atoms with Gasteiger partial charge in [-0.1, -0.05) is 44.2 Å². The van der Waals surface area contributed by atoms with Crippen molar-refractivity contribution >= 4 is 9.84 Å². The summed E-state index contributed by atoms with van der Waals surface area (Å²) in [6.45, 7) is 7.65. The van der Waals surface area contributed by atoms with Gasteiger partial charge in [-0.15, -0.1) is 0 Å². The molecule has 7 heteroatoms. The molecule has 2 aromatic rings. The van der Waals surface area contributed by atoms with Gasteiger partial charge in [0, 0.05) is 32.2 Å². The van der Waals surface area contributed by atoms with Crippen LogP contribution in [0.5, 0.6) is 0 Å². The molecule has 0 bridgehead atoms. The third-order valence-corrected chi connectivity index (χ3v) is 6.89. The van der Waals surface area contributed by atoms with Crippen molar-refractivity contribution in [3.63, 3.8) is 0 Å². The van der Waals surface area contributed by atoms with Gasteiger partial charge in [0.05, 0.1) is 17.6 Å². The Morgan fingerprint density at radius 3 is 2.54 bits per heavy atom. The van der Waals surface area contributed by atoms with Crippen molar-refractivity contribution in [1.82, 2.24) is 19.4 Å². The first-order valence-electron chi connectivity index (χ1n) is 9.96. The number of rotatable bonds is 8. The number of hydrogen-bond acceptors (Lipinski definition) is 5. The van der Waals surface area contributed by atoms with Crippen LogP contribution >= 0.6 is 0 Å². The minimum Gasteiger partial charge on any atom is -0.317 e. The first-order valence-corrected chi connectivity index (χ1v) is 11.6. The second kappa shape index (κ2) is 8.76. The van der Waals surface area contributed by atoms with E-state index in [4.69, 9.17) is 0 Å². The zero-order valence-electron chi connectivity index (χ0n) is 17.4. The van der Waals surface area contributed by atoms with Gasteiger partial charge in [0.1, 0.15) is 0 Å². The maximum absolute atomic E-state index is 13.1. The highest BCUT2D eigenvalue weighted by atomic mass is 32.2. The maximum atomic E-state index is 13.1. The summed E-state index contributed by atoms with van der Waals surface area (Å²) in [4.78, 5) is 9.03. The molecule has 3 rings (SSSR count). The molecule has 1 saturated heterocycles. The number of sulfone groups is 1. The van der Waals surface area contributed by atoms with Crippen LogP contribution in [0.15, 0.2) is 41.7 Å². The number of likely N-dealkylation sites (N-methyl/N-ethyl adjacent to an activating group) is 1. The molecule has 1 aliphatic rings. The average molecular weight is 405 g/mol. The topological polar surface area (TPSA) is 58.4 Å². The molecule has 0 N–H and O–H groups in total. The van der Waals surface area contributed by atoms with Gasteiger partial charge in [-0.2, -0.15) is 0 Å². The summed E-state index contributed by atoms with van der Waals surface area (Å²) < 4.78 is 28.1. The van der Waals surface area contributed by atoms with E-state index in [0.717, 1.165) is 37.3 Å². The summed E-state index contributed by atoms with van der Waals surface area (Å²) in [6.07, 6.45) is 2.90. The van der Waals surface area contributed by atoms with Crippen LogP contribution in [0, 0.1) is 5.92 Å². The third kappa shape index (κ3) is 5.01. The molecule has 6 nitrogen and oxygen atoms in total. The SMILES string of the molecule is CC(C)Cn1c(CN2CC[C@H](N(C)C)C2)cnc1S(=O)(=O)Cc1ccccc1. The summed E-state index contributed by atoms with van der Waals surface area (Å²) >= 11 is 0. The van der Waals surface area contributed by atoms with Crippen LogP contribution in [0.25, 0.3) is 0 Å². The van der Waals surface area contributed by atoms with Gasteiger partial charge in [0.25, 0.3) is 0 Å². The molecule has 2 heterocycles. The van der Waals surface area contributed by atoms with Crippen molar-refractivity contribution in [1.29, 1.82) is 0 Å².